The number of rotatable bonds is 5. The molecule has 5 nitrogen and oxygen atoms in total. The molecule has 0 bridgehead atoms. The van der Waals surface area contributed by atoms with E-state index in [9.17, 15) is 0 Å². The first-order chi connectivity index (χ1) is 9.63. The number of hydrogen-bond acceptors (Lipinski definition) is 5. The van der Waals surface area contributed by atoms with E-state index in [1.165, 1.54) is 5.56 Å². The van der Waals surface area contributed by atoms with Gasteiger partial charge in [-0.1, -0.05) is 17.7 Å². The molecular weight excluding hydrogens is 252 g/mol. The van der Waals surface area contributed by atoms with Crippen LogP contribution in [0.4, 0.5) is 17.3 Å². The van der Waals surface area contributed by atoms with Crippen LogP contribution in [0.25, 0.3) is 0 Å². The van der Waals surface area contributed by atoms with Gasteiger partial charge >= 0.3 is 0 Å². The smallest absolute Gasteiger partial charge is 0.158 e. The lowest BCUT2D eigenvalue weighted by Crippen LogP contribution is -2.14. The first kappa shape index (κ1) is 14.3. The van der Waals surface area contributed by atoms with Gasteiger partial charge in [-0.15, -0.1) is 0 Å². The van der Waals surface area contributed by atoms with E-state index >= 15 is 0 Å². The highest BCUT2D eigenvalue weighted by atomic mass is 16.5. The molecule has 0 unspecified atom stereocenters. The van der Waals surface area contributed by atoms with Gasteiger partial charge < -0.3 is 15.0 Å². The Balaban J connectivity index is 2.34. The van der Waals surface area contributed by atoms with Crippen molar-refractivity contribution in [1.29, 1.82) is 0 Å². The molecule has 5 heteroatoms. The van der Waals surface area contributed by atoms with Crippen LogP contribution in [-0.4, -0.2) is 31.2 Å². The highest BCUT2D eigenvalue weighted by Crippen LogP contribution is 2.23. The first-order valence-electron chi connectivity index (χ1n) is 6.49. The molecule has 0 aliphatic rings. The topological polar surface area (TPSA) is 50.3 Å². The summed E-state index contributed by atoms with van der Waals surface area (Å²) in [4.78, 5) is 10.9. The first-order valence-corrected chi connectivity index (χ1v) is 6.49. The minimum absolute atomic E-state index is 0.393. The van der Waals surface area contributed by atoms with E-state index in [4.69, 9.17) is 4.74 Å². The van der Waals surface area contributed by atoms with Crippen molar-refractivity contribution in [2.45, 2.75) is 13.5 Å². The molecule has 0 aliphatic carbocycles. The Kier molecular flexibility index (Phi) is 4.53. The molecule has 1 aromatic heterocycles. The van der Waals surface area contributed by atoms with Crippen molar-refractivity contribution in [3.63, 3.8) is 0 Å². The third-order valence-corrected chi connectivity index (χ3v) is 3.05. The lowest BCUT2D eigenvalue weighted by Gasteiger charge is -2.19. The maximum absolute atomic E-state index is 5.11. The van der Waals surface area contributed by atoms with Crippen molar-refractivity contribution >= 4 is 17.3 Å². The fourth-order valence-corrected chi connectivity index (χ4v) is 1.88. The van der Waals surface area contributed by atoms with Gasteiger partial charge in [0.15, 0.2) is 5.82 Å². The van der Waals surface area contributed by atoms with Crippen LogP contribution in [0.5, 0.6) is 0 Å². The van der Waals surface area contributed by atoms with Crippen LogP contribution in [0.15, 0.2) is 30.3 Å². The summed E-state index contributed by atoms with van der Waals surface area (Å²) in [6.07, 6.45) is 0. The lowest BCUT2D eigenvalue weighted by molar-refractivity contribution is 0.178. The number of methoxy groups -OCH3 is 1. The van der Waals surface area contributed by atoms with E-state index in [0.717, 1.165) is 17.3 Å². The molecule has 2 rings (SSSR count). The predicted molar refractivity (Wildman–Crippen MR) is 81.5 cm³/mol. The van der Waals surface area contributed by atoms with Gasteiger partial charge in [-0.2, -0.15) is 0 Å². The van der Waals surface area contributed by atoms with Gasteiger partial charge in [-0.05, 0) is 19.1 Å². The maximum Gasteiger partial charge on any atom is 0.158 e. The van der Waals surface area contributed by atoms with Crippen LogP contribution in [0.3, 0.4) is 0 Å². The Labute approximate surface area is 119 Å². The van der Waals surface area contributed by atoms with Gasteiger partial charge in [-0.25, -0.2) is 9.97 Å². The number of ether oxygens (including phenoxy) is 1. The zero-order valence-corrected chi connectivity index (χ0v) is 12.3. The number of aromatic nitrogens is 2. The highest BCUT2D eigenvalue weighted by molar-refractivity contribution is 5.61. The fourth-order valence-electron chi connectivity index (χ4n) is 1.88. The third kappa shape index (κ3) is 3.24. The van der Waals surface area contributed by atoms with Gasteiger partial charge in [0.25, 0.3) is 0 Å². The average Bonchev–Trinajstić information content (AvgIpc) is 2.47. The van der Waals surface area contributed by atoms with Crippen LogP contribution in [0.1, 0.15) is 11.4 Å². The Bertz CT molecular complexity index is 569. The summed E-state index contributed by atoms with van der Waals surface area (Å²) in [6.45, 7) is 2.47. The second-order valence-electron chi connectivity index (χ2n) is 4.61. The van der Waals surface area contributed by atoms with Crippen molar-refractivity contribution in [2.75, 3.05) is 31.4 Å². The Morgan fingerprint density at radius 2 is 1.90 bits per heavy atom. The molecule has 0 radical (unpaired) electrons. The zero-order chi connectivity index (χ0) is 14.5. The summed E-state index contributed by atoms with van der Waals surface area (Å²) in [6, 6.07) is 10.2. The standard InChI is InChI=1S/C15H20N4O/c1-11-5-7-12(8-6-11)19(3)15-9-13(16-2)17-14(18-15)10-20-4/h5-9H,10H2,1-4H3,(H,16,17,18). The molecule has 1 heterocycles. The van der Waals surface area contributed by atoms with Crippen molar-refractivity contribution in [1.82, 2.24) is 9.97 Å². The monoisotopic (exact) mass is 272 g/mol. The molecule has 0 saturated heterocycles. The molecule has 1 N–H and O–H groups in total. The van der Waals surface area contributed by atoms with E-state index in [-0.39, 0.29) is 0 Å². The summed E-state index contributed by atoms with van der Waals surface area (Å²) < 4.78 is 5.11. The number of nitrogens with one attached hydrogen (secondary N) is 1. The SMILES string of the molecule is CNc1cc(N(C)c2ccc(C)cc2)nc(COC)n1. The largest absolute Gasteiger partial charge is 0.377 e. The molecule has 0 atom stereocenters. The second-order valence-corrected chi connectivity index (χ2v) is 4.61. The molecule has 20 heavy (non-hydrogen) atoms. The Morgan fingerprint density at radius 3 is 2.50 bits per heavy atom. The molecule has 0 saturated carbocycles. The van der Waals surface area contributed by atoms with Crippen molar-refractivity contribution < 1.29 is 4.74 Å². The van der Waals surface area contributed by atoms with Crippen LogP contribution in [0, 0.1) is 6.92 Å². The van der Waals surface area contributed by atoms with Gasteiger partial charge in [0.1, 0.15) is 18.2 Å². The number of nitrogens with zero attached hydrogens (tertiary/aromatic N) is 3. The van der Waals surface area contributed by atoms with Crippen molar-refractivity contribution in [3.05, 3.63) is 41.7 Å². The number of anilines is 3. The number of aryl methyl sites for hydroxylation is 1. The summed E-state index contributed by atoms with van der Waals surface area (Å²) in [5, 5.41) is 3.05. The lowest BCUT2D eigenvalue weighted by atomic mass is 10.2. The zero-order valence-electron chi connectivity index (χ0n) is 12.3. The molecule has 0 aliphatic heterocycles. The van der Waals surface area contributed by atoms with E-state index < -0.39 is 0 Å². The van der Waals surface area contributed by atoms with Crippen LogP contribution < -0.4 is 10.2 Å². The third-order valence-electron chi connectivity index (χ3n) is 3.05. The van der Waals surface area contributed by atoms with Crippen molar-refractivity contribution in [3.8, 4) is 0 Å². The Morgan fingerprint density at radius 1 is 1.20 bits per heavy atom. The normalized spacial score (nSPS) is 10.4. The van der Waals surface area contributed by atoms with Gasteiger partial charge in [-0.3, -0.25) is 0 Å². The summed E-state index contributed by atoms with van der Waals surface area (Å²) in [5.41, 5.74) is 2.32. The fraction of sp³-hybridized carbons (Fsp3) is 0.333. The van der Waals surface area contributed by atoms with Gasteiger partial charge in [0, 0.05) is 33.0 Å². The molecular formula is C15H20N4O. The van der Waals surface area contributed by atoms with Crippen molar-refractivity contribution in [2.24, 2.45) is 0 Å². The van der Waals surface area contributed by atoms with E-state index in [0.29, 0.717) is 12.4 Å². The minimum atomic E-state index is 0.393. The van der Waals surface area contributed by atoms with E-state index in [1.54, 1.807) is 7.11 Å². The quantitative estimate of drug-likeness (QED) is 0.907. The van der Waals surface area contributed by atoms with Crippen LogP contribution in [0.2, 0.25) is 0 Å². The summed E-state index contributed by atoms with van der Waals surface area (Å²) >= 11 is 0. The predicted octanol–water partition coefficient (Wildman–Crippen LogP) is 2.74. The summed E-state index contributed by atoms with van der Waals surface area (Å²) in [7, 11) is 5.47. The highest BCUT2D eigenvalue weighted by Gasteiger charge is 2.09. The minimum Gasteiger partial charge on any atom is -0.377 e. The number of hydrogen-bond donors (Lipinski definition) is 1. The van der Waals surface area contributed by atoms with Crippen LogP contribution in [-0.2, 0) is 11.3 Å². The maximum atomic E-state index is 5.11. The Hall–Kier alpha value is -2.14. The second kappa shape index (κ2) is 6.34. The van der Waals surface area contributed by atoms with E-state index in [1.807, 2.05) is 25.1 Å². The van der Waals surface area contributed by atoms with Gasteiger partial charge in [0.2, 0.25) is 0 Å². The van der Waals surface area contributed by atoms with E-state index in [2.05, 4.69) is 46.5 Å². The molecule has 0 fully saturated rings. The van der Waals surface area contributed by atoms with Crippen LogP contribution >= 0.6 is 0 Å². The summed E-state index contributed by atoms with van der Waals surface area (Å²) in [5.74, 6) is 2.27. The molecule has 0 amide bonds. The number of benzene rings is 1. The molecule has 2 aromatic rings. The van der Waals surface area contributed by atoms with Gasteiger partial charge in [0.05, 0.1) is 0 Å². The average molecular weight is 272 g/mol. The molecule has 1 aromatic carbocycles. The molecule has 0 spiro atoms. The molecule has 106 valence electrons.